The summed E-state index contributed by atoms with van der Waals surface area (Å²) in [6.07, 6.45) is 3.29. The summed E-state index contributed by atoms with van der Waals surface area (Å²) in [7, 11) is 0. The van der Waals surface area contributed by atoms with Crippen LogP contribution in [0.4, 0.5) is 4.39 Å². The zero-order chi connectivity index (χ0) is 18.8. The number of hydrogen-bond acceptors (Lipinski definition) is 3. The molecule has 2 heterocycles. The standard InChI is InChI=1S/C21H28FN3O2/c1-15-18(6-7-24-8-10-27-11-9-24)19-12-17(22)4-5-20(19)25(15)14-21(26)23-13-16-2-3-16/h4-5,12,16H,2-3,6-11,13-14H2,1H3,(H,23,26). The van der Waals surface area contributed by atoms with Gasteiger partial charge in [0.2, 0.25) is 5.91 Å². The van der Waals surface area contributed by atoms with Crippen LogP contribution in [0.5, 0.6) is 0 Å². The van der Waals surface area contributed by atoms with Gasteiger partial charge < -0.3 is 14.6 Å². The maximum absolute atomic E-state index is 13.9. The molecule has 0 unspecified atom stereocenters. The Labute approximate surface area is 159 Å². The summed E-state index contributed by atoms with van der Waals surface area (Å²) >= 11 is 0. The number of carbonyl (C=O) groups excluding carboxylic acids is 1. The molecular weight excluding hydrogens is 345 g/mol. The lowest BCUT2D eigenvalue weighted by Gasteiger charge is -2.26. The van der Waals surface area contributed by atoms with E-state index in [0.717, 1.165) is 68.0 Å². The van der Waals surface area contributed by atoms with Crippen molar-refractivity contribution in [3.8, 4) is 0 Å². The molecule has 1 aliphatic carbocycles. The van der Waals surface area contributed by atoms with Crippen LogP contribution in [-0.4, -0.2) is 54.8 Å². The van der Waals surface area contributed by atoms with Gasteiger partial charge in [0.1, 0.15) is 12.4 Å². The van der Waals surface area contributed by atoms with Crippen molar-refractivity contribution in [3.63, 3.8) is 0 Å². The summed E-state index contributed by atoms with van der Waals surface area (Å²) in [5.41, 5.74) is 3.14. The van der Waals surface area contributed by atoms with Gasteiger partial charge >= 0.3 is 0 Å². The lowest BCUT2D eigenvalue weighted by atomic mass is 10.1. The molecule has 6 heteroatoms. The zero-order valence-electron chi connectivity index (χ0n) is 16.0. The second-order valence-electron chi connectivity index (χ2n) is 7.76. The quantitative estimate of drug-likeness (QED) is 0.811. The van der Waals surface area contributed by atoms with E-state index in [1.54, 1.807) is 12.1 Å². The van der Waals surface area contributed by atoms with E-state index in [9.17, 15) is 9.18 Å². The molecule has 1 aliphatic heterocycles. The van der Waals surface area contributed by atoms with Crippen LogP contribution < -0.4 is 5.32 Å². The lowest BCUT2D eigenvalue weighted by molar-refractivity contribution is -0.121. The molecule has 2 aliphatic rings. The van der Waals surface area contributed by atoms with E-state index >= 15 is 0 Å². The van der Waals surface area contributed by atoms with Crippen molar-refractivity contribution in [2.75, 3.05) is 39.4 Å². The molecule has 1 aromatic carbocycles. The fraction of sp³-hybridized carbons (Fsp3) is 0.571. The molecule has 146 valence electrons. The number of nitrogens with zero attached hydrogens (tertiary/aromatic N) is 2. The van der Waals surface area contributed by atoms with E-state index in [1.165, 1.54) is 18.9 Å². The summed E-state index contributed by atoms with van der Waals surface area (Å²) in [4.78, 5) is 14.8. The molecule has 1 aromatic heterocycles. The molecule has 1 amide bonds. The van der Waals surface area contributed by atoms with Gasteiger partial charge in [-0.25, -0.2) is 4.39 Å². The third-order valence-corrected chi connectivity index (χ3v) is 5.78. The van der Waals surface area contributed by atoms with Gasteiger partial charge in [-0.15, -0.1) is 0 Å². The van der Waals surface area contributed by atoms with Gasteiger partial charge in [-0.2, -0.15) is 0 Å². The van der Waals surface area contributed by atoms with Crippen LogP contribution >= 0.6 is 0 Å². The van der Waals surface area contributed by atoms with Crippen LogP contribution in [-0.2, 0) is 22.5 Å². The summed E-state index contributed by atoms with van der Waals surface area (Å²) in [5.74, 6) is 0.464. The average molecular weight is 373 g/mol. The maximum Gasteiger partial charge on any atom is 0.239 e. The molecule has 0 bridgehead atoms. The number of fused-ring (bicyclic) bond motifs is 1. The number of halogens is 1. The molecule has 0 radical (unpaired) electrons. The van der Waals surface area contributed by atoms with E-state index in [2.05, 4.69) is 10.2 Å². The van der Waals surface area contributed by atoms with Gasteiger partial charge in [-0.05, 0) is 55.9 Å². The van der Waals surface area contributed by atoms with Gasteiger partial charge in [0.05, 0.1) is 13.2 Å². The van der Waals surface area contributed by atoms with Gasteiger partial charge in [0, 0.05) is 42.8 Å². The summed E-state index contributed by atoms with van der Waals surface area (Å²) in [5, 5.41) is 3.96. The first-order valence-corrected chi connectivity index (χ1v) is 9.96. The predicted molar refractivity (Wildman–Crippen MR) is 103 cm³/mol. The smallest absolute Gasteiger partial charge is 0.239 e. The SMILES string of the molecule is Cc1c(CCN2CCOCC2)c2cc(F)ccc2n1CC(=O)NCC1CC1. The van der Waals surface area contributed by atoms with Crippen LogP contribution in [0, 0.1) is 18.7 Å². The second-order valence-corrected chi connectivity index (χ2v) is 7.76. The second kappa shape index (κ2) is 7.98. The largest absolute Gasteiger partial charge is 0.379 e. The first kappa shape index (κ1) is 18.4. The third kappa shape index (κ3) is 4.33. The molecule has 1 saturated heterocycles. The number of aromatic nitrogens is 1. The van der Waals surface area contributed by atoms with Crippen LogP contribution in [0.25, 0.3) is 10.9 Å². The van der Waals surface area contributed by atoms with Gasteiger partial charge in [-0.3, -0.25) is 9.69 Å². The number of carbonyl (C=O) groups is 1. The number of amides is 1. The van der Waals surface area contributed by atoms with E-state index in [4.69, 9.17) is 4.74 Å². The molecule has 4 rings (SSSR count). The molecule has 5 nitrogen and oxygen atoms in total. The fourth-order valence-electron chi connectivity index (χ4n) is 3.92. The van der Waals surface area contributed by atoms with Crippen molar-refractivity contribution in [1.29, 1.82) is 0 Å². The first-order valence-electron chi connectivity index (χ1n) is 9.96. The Kier molecular flexibility index (Phi) is 5.45. The number of hydrogen-bond donors (Lipinski definition) is 1. The molecule has 27 heavy (non-hydrogen) atoms. The number of benzene rings is 1. The van der Waals surface area contributed by atoms with Crippen molar-refractivity contribution in [2.45, 2.75) is 32.7 Å². The van der Waals surface area contributed by atoms with Crippen LogP contribution in [0.1, 0.15) is 24.1 Å². The Bertz CT molecular complexity index is 822. The van der Waals surface area contributed by atoms with Crippen LogP contribution in [0.2, 0.25) is 0 Å². The zero-order valence-corrected chi connectivity index (χ0v) is 16.0. The van der Waals surface area contributed by atoms with Crippen LogP contribution in [0.3, 0.4) is 0 Å². The normalized spacial score (nSPS) is 18.1. The minimum Gasteiger partial charge on any atom is -0.379 e. The van der Waals surface area contributed by atoms with E-state index in [1.807, 2.05) is 11.5 Å². The summed E-state index contributed by atoms with van der Waals surface area (Å²) in [6.45, 7) is 7.46. The Morgan fingerprint density at radius 1 is 1.30 bits per heavy atom. The predicted octanol–water partition coefficient (Wildman–Crippen LogP) is 2.49. The number of morpholine rings is 1. The average Bonchev–Trinajstić information content (AvgIpc) is 3.46. The molecule has 2 fully saturated rings. The molecule has 1 N–H and O–H groups in total. The highest BCUT2D eigenvalue weighted by molar-refractivity contribution is 5.87. The number of rotatable bonds is 7. The van der Waals surface area contributed by atoms with Gasteiger partial charge in [0.15, 0.2) is 0 Å². The van der Waals surface area contributed by atoms with Gasteiger partial charge in [-0.1, -0.05) is 0 Å². The van der Waals surface area contributed by atoms with Crippen molar-refractivity contribution < 1.29 is 13.9 Å². The van der Waals surface area contributed by atoms with E-state index < -0.39 is 0 Å². The summed E-state index contributed by atoms with van der Waals surface area (Å²) < 4.78 is 21.4. The third-order valence-electron chi connectivity index (χ3n) is 5.78. The fourth-order valence-corrected chi connectivity index (χ4v) is 3.92. The minimum atomic E-state index is -0.231. The Hall–Kier alpha value is -1.92. The van der Waals surface area contributed by atoms with Crippen LogP contribution in [0.15, 0.2) is 18.2 Å². The number of nitrogens with one attached hydrogen (secondary N) is 1. The summed E-state index contributed by atoms with van der Waals surface area (Å²) in [6, 6.07) is 4.88. The van der Waals surface area contributed by atoms with Crippen molar-refractivity contribution >= 4 is 16.8 Å². The Morgan fingerprint density at radius 3 is 2.81 bits per heavy atom. The highest BCUT2D eigenvalue weighted by Crippen LogP contribution is 2.29. The molecule has 0 atom stereocenters. The lowest BCUT2D eigenvalue weighted by Crippen LogP contribution is -2.37. The van der Waals surface area contributed by atoms with E-state index in [-0.39, 0.29) is 18.3 Å². The molecular formula is C21H28FN3O2. The monoisotopic (exact) mass is 373 g/mol. The Morgan fingerprint density at radius 2 is 2.07 bits per heavy atom. The minimum absolute atomic E-state index is 0.0333. The van der Waals surface area contributed by atoms with Crippen molar-refractivity contribution in [3.05, 3.63) is 35.3 Å². The van der Waals surface area contributed by atoms with Crippen molar-refractivity contribution in [2.24, 2.45) is 5.92 Å². The highest BCUT2D eigenvalue weighted by atomic mass is 19.1. The first-order chi connectivity index (χ1) is 13.1. The van der Waals surface area contributed by atoms with Gasteiger partial charge in [0.25, 0.3) is 0 Å². The molecule has 0 spiro atoms. The maximum atomic E-state index is 13.9. The Balaban J connectivity index is 1.54. The topological polar surface area (TPSA) is 46.5 Å². The molecule has 1 saturated carbocycles. The number of ether oxygens (including phenoxy) is 1. The molecule has 2 aromatic rings. The highest BCUT2D eigenvalue weighted by Gasteiger charge is 2.22. The van der Waals surface area contributed by atoms with E-state index in [0.29, 0.717) is 5.92 Å². The van der Waals surface area contributed by atoms with Crippen molar-refractivity contribution in [1.82, 2.24) is 14.8 Å².